The van der Waals surface area contributed by atoms with E-state index in [0.717, 1.165) is 31.7 Å². The average Bonchev–Trinajstić information content (AvgIpc) is 2.35. The van der Waals surface area contributed by atoms with Gasteiger partial charge in [0.1, 0.15) is 0 Å². The van der Waals surface area contributed by atoms with Crippen LogP contribution in [0.5, 0.6) is 0 Å². The average molecular weight is 255 g/mol. The SMILES string of the molecule is CC(NC1CCC(O)CC1)c1cccc(F)c1F. The molecule has 2 nitrogen and oxygen atoms in total. The van der Waals surface area contributed by atoms with E-state index in [-0.39, 0.29) is 18.2 Å². The first-order valence-electron chi connectivity index (χ1n) is 6.46. The van der Waals surface area contributed by atoms with E-state index in [9.17, 15) is 13.9 Å². The summed E-state index contributed by atoms with van der Waals surface area (Å²) in [5, 5.41) is 12.7. The zero-order valence-corrected chi connectivity index (χ0v) is 10.5. The van der Waals surface area contributed by atoms with Crippen LogP contribution in [-0.2, 0) is 0 Å². The molecule has 0 spiro atoms. The Labute approximate surface area is 106 Å². The number of nitrogens with one attached hydrogen (secondary N) is 1. The minimum atomic E-state index is -0.805. The van der Waals surface area contributed by atoms with E-state index in [0.29, 0.717) is 5.56 Å². The molecule has 0 radical (unpaired) electrons. The van der Waals surface area contributed by atoms with Crippen molar-refractivity contribution in [1.29, 1.82) is 0 Å². The van der Waals surface area contributed by atoms with Crippen molar-refractivity contribution >= 4 is 0 Å². The Morgan fingerprint density at radius 3 is 2.56 bits per heavy atom. The molecule has 1 aromatic carbocycles. The van der Waals surface area contributed by atoms with Gasteiger partial charge in [0.15, 0.2) is 11.6 Å². The minimum Gasteiger partial charge on any atom is -0.393 e. The first-order valence-corrected chi connectivity index (χ1v) is 6.46. The summed E-state index contributed by atoms with van der Waals surface area (Å²) in [5.74, 6) is -1.58. The van der Waals surface area contributed by atoms with E-state index in [4.69, 9.17) is 0 Å². The first-order chi connectivity index (χ1) is 8.58. The van der Waals surface area contributed by atoms with E-state index in [1.807, 2.05) is 6.92 Å². The molecule has 100 valence electrons. The number of rotatable bonds is 3. The van der Waals surface area contributed by atoms with Gasteiger partial charge < -0.3 is 10.4 Å². The van der Waals surface area contributed by atoms with Crippen LogP contribution in [0, 0.1) is 11.6 Å². The lowest BCUT2D eigenvalue weighted by molar-refractivity contribution is 0.114. The van der Waals surface area contributed by atoms with Gasteiger partial charge in [0.2, 0.25) is 0 Å². The molecule has 0 aliphatic heterocycles. The quantitative estimate of drug-likeness (QED) is 0.870. The minimum absolute atomic E-state index is 0.204. The molecule has 0 aromatic heterocycles. The fourth-order valence-electron chi connectivity index (χ4n) is 2.54. The number of halogens is 2. The number of aliphatic hydroxyl groups excluding tert-OH is 1. The standard InChI is InChI=1S/C14H19F2NO/c1-9(12-3-2-4-13(15)14(12)16)17-10-5-7-11(18)8-6-10/h2-4,9-11,17-18H,5-8H2,1H3. The van der Waals surface area contributed by atoms with Crippen molar-refractivity contribution in [1.82, 2.24) is 5.32 Å². The first kappa shape index (κ1) is 13.4. The van der Waals surface area contributed by atoms with Gasteiger partial charge in [0.05, 0.1) is 6.10 Å². The van der Waals surface area contributed by atoms with E-state index in [1.54, 1.807) is 6.07 Å². The highest BCUT2D eigenvalue weighted by Crippen LogP contribution is 2.24. The predicted molar refractivity (Wildman–Crippen MR) is 66.2 cm³/mol. The molecule has 1 fully saturated rings. The molecule has 0 amide bonds. The summed E-state index contributed by atoms with van der Waals surface area (Å²) < 4.78 is 26.7. The fraction of sp³-hybridized carbons (Fsp3) is 0.571. The largest absolute Gasteiger partial charge is 0.393 e. The molecule has 1 atom stereocenters. The molecule has 1 aromatic rings. The number of hydrogen-bond acceptors (Lipinski definition) is 2. The molecular formula is C14H19F2NO. The lowest BCUT2D eigenvalue weighted by Gasteiger charge is -2.29. The molecule has 0 bridgehead atoms. The Morgan fingerprint density at radius 2 is 1.89 bits per heavy atom. The summed E-state index contributed by atoms with van der Waals surface area (Å²) in [7, 11) is 0. The van der Waals surface area contributed by atoms with Crippen molar-refractivity contribution in [2.24, 2.45) is 0 Å². The van der Waals surface area contributed by atoms with E-state index >= 15 is 0 Å². The summed E-state index contributed by atoms with van der Waals surface area (Å²) in [6, 6.07) is 4.30. The second-order valence-electron chi connectivity index (χ2n) is 5.04. The second-order valence-corrected chi connectivity index (χ2v) is 5.04. The van der Waals surface area contributed by atoms with Crippen molar-refractivity contribution in [2.75, 3.05) is 0 Å². The molecule has 1 aliphatic carbocycles. The van der Waals surface area contributed by atoms with Gasteiger partial charge in [-0.05, 0) is 38.7 Å². The normalized spacial score (nSPS) is 26.0. The molecule has 0 saturated heterocycles. The third-order valence-corrected chi connectivity index (χ3v) is 3.63. The number of hydrogen-bond donors (Lipinski definition) is 2. The van der Waals surface area contributed by atoms with Gasteiger partial charge in [-0.2, -0.15) is 0 Å². The number of aliphatic hydroxyl groups is 1. The Hall–Kier alpha value is -1.00. The molecule has 2 N–H and O–H groups in total. The van der Waals surface area contributed by atoms with Crippen LogP contribution < -0.4 is 5.32 Å². The van der Waals surface area contributed by atoms with E-state index in [1.165, 1.54) is 6.07 Å². The summed E-state index contributed by atoms with van der Waals surface area (Å²) in [6.45, 7) is 1.84. The molecule has 2 rings (SSSR count). The Bertz CT molecular complexity index is 403. The Balaban J connectivity index is 1.99. The van der Waals surface area contributed by atoms with Crippen molar-refractivity contribution in [3.63, 3.8) is 0 Å². The maximum absolute atomic E-state index is 13.6. The van der Waals surface area contributed by atoms with Crippen LogP contribution in [-0.4, -0.2) is 17.3 Å². The van der Waals surface area contributed by atoms with E-state index in [2.05, 4.69) is 5.32 Å². The third kappa shape index (κ3) is 3.06. The summed E-state index contributed by atoms with van der Waals surface area (Å²) >= 11 is 0. The highest BCUT2D eigenvalue weighted by atomic mass is 19.2. The lowest BCUT2D eigenvalue weighted by Crippen LogP contribution is -2.36. The molecule has 1 unspecified atom stereocenters. The van der Waals surface area contributed by atoms with Crippen molar-refractivity contribution < 1.29 is 13.9 Å². The van der Waals surface area contributed by atoms with Crippen molar-refractivity contribution in [2.45, 2.75) is 50.8 Å². The summed E-state index contributed by atoms with van der Waals surface area (Å²) in [4.78, 5) is 0. The highest BCUT2D eigenvalue weighted by Gasteiger charge is 2.22. The van der Waals surface area contributed by atoms with Gasteiger partial charge in [-0.15, -0.1) is 0 Å². The maximum Gasteiger partial charge on any atom is 0.163 e. The van der Waals surface area contributed by atoms with Gasteiger partial charge in [-0.3, -0.25) is 0 Å². The van der Waals surface area contributed by atoms with Crippen LogP contribution in [0.15, 0.2) is 18.2 Å². The Morgan fingerprint density at radius 1 is 1.22 bits per heavy atom. The topological polar surface area (TPSA) is 32.3 Å². The zero-order valence-electron chi connectivity index (χ0n) is 10.5. The lowest BCUT2D eigenvalue weighted by atomic mass is 9.92. The van der Waals surface area contributed by atoms with Gasteiger partial charge in [-0.25, -0.2) is 8.78 Å². The van der Waals surface area contributed by atoms with Gasteiger partial charge in [-0.1, -0.05) is 12.1 Å². The van der Waals surface area contributed by atoms with Crippen molar-refractivity contribution in [3.8, 4) is 0 Å². The molecule has 1 aliphatic rings. The smallest absolute Gasteiger partial charge is 0.163 e. The maximum atomic E-state index is 13.6. The second kappa shape index (κ2) is 5.76. The van der Waals surface area contributed by atoms with E-state index < -0.39 is 11.6 Å². The van der Waals surface area contributed by atoms with Crippen LogP contribution in [0.2, 0.25) is 0 Å². The van der Waals surface area contributed by atoms with Crippen molar-refractivity contribution in [3.05, 3.63) is 35.4 Å². The molecule has 1 saturated carbocycles. The van der Waals surface area contributed by atoms with Gasteiger partial charge >= 0.3 is 0 Å². The zero-order chi connectivity index (χ0) is 13.1. The molecule has 4 heteroatoms. The third-order valence-electron chi connectivity index (χ3n) is 3.63. The predicted octanol–water partition coefficient (Wildman–Crippen LogP) is 2.92. The van der Waals surface area contributed by atoms with Gasteiger partial charge in [0.25, 0.3) is 0 Å². The summed E-state index contributed by atoms with van der Waals surface area (Å²) in [5.41, 5.74) is 0.362. The molecule has 18 heavy (non-hydrogen) atoms. The summed E-state index contributed by atoms with van der Waals surface area (Å²) in [6.07, 6.45) is 3.10. The van der Waals surface area contributed by atoms with Crippen LogP contribution >= 0.6 is 0 Å². The van der Waals surface area contributed by atoms with Crippen LogP contribution in [0.4, 0.5) is 8.78 Å². The monoisotopic (exact) mass is 255 g/mol. The van der Waals surface area contributed by atoms with Crippen LogP contribution in [0.25, 0.3) is 0 Å². The fourth-order valence-corrected chi connectivity index (χ4v) is 2.54. The van der Waals surface area contributed by atoms with Crippen LogP contribution in [0.3, 0.4) is 0 Å². The number of benzene rings is 1. The molecule has 0 heterocycles. The highest BCUT2D eigenvalue weighted by molar-refractivity contribution is 5.22. The Kier molecular flexibility index (Phi) is 4.30. The van der Waals surface area contributed by atoms with Gasteiger partial charge in [0, 0.05) is 17.6 Å². The molecular weight excluding hydrogens is 236 g/mol. The van der Waals surface area contributed by atoms with Crippen LogP contribution in [0.1, 0.15) is 44.2 Å².